The monoisotopic (exact) mass is 420 g/mol. The molecule has 3 aromatic rings. The molecule has 7 nitrogen and oxygen atoms in total. The van der Waals surface area contributed by atoms with Crippen molar-refractivity contribution in [2.24, 2.45) is 0 Å². The highest BCUT2D eigenvalue weighted by Gasteiger charge is 2.20. The topological polar surface area (TPSA) is 79.6 Å². The van der Waals surface area contributed by atoms with Gasteiger partial charge in [0.2, 0.25) is 0 Å². The van der Waals surface area contributed by atoms with Gasteiger partial charge in [-0.15, -0.1) is 0 Å². The molecule has 0 spiro atoms. The van der Waals surface area contributed by atoms with E-state index in [0.717, 1.165) is 35.7 Å². The van der Waals surface area contributed by atoms with E-state index in [1.807, 2.05) is 24.3 Å². The average molecular weight is 421 g/mol. The predicted octanol–water partition coefficient (Wildman–Crippen LogP) is 3.79. The van der Waals surface area contributed by atoms with E-state index in [-0.39, 0.29) is 11.1 Å². The Kier molecular flexibility index (Phi) is 5.80. The number of nitrogens with zero attached hydrogens (tertiary/aromatic N) is 3. The molecule has 0 saturated carbocycles. The third-order valence-corrected chi connectivity index (χ3v) is 5.52. The van der Waals surface area contributed by atoms with Gasteiger partial charge in [0.05, 0.1) is 24.6 Å². The molecule has 4 rings (SSSR count). The SMILES string of the molecule is CC(C)(C)c1cccc(-n2nc(C(=O)NO)cc2-c2cccc(N3CCOCC3)c2)c1. The largest absolute Gasteiger partial charge is 0.378 e. The van der Waals surface area contributed by atoms with E-state index >= 15 is 0 Å². The molecular formula is C24H28N4O3. The maximum absolute atomic E-state index is 12.1. The summed E-state index contributed by atoms with van der Waals surface area (Å²) in [5.41, 5.74) is 6.66. The van der Waals surface area contributed by atoms with Crippen molar-refractivity contribution in [3.8, 4) is 16.9 Å². The third-order valence-electron chi connectivity index (χ3n) is 5.52. The van der Waals surface area contributed by atoms with Gasteiger partial charge in [0.15, 0.2) is 5.69 Å². The van der Waals surface area contributed by atoms with Gasteiger partial charge in [-0.2, -0.15) is 5.10 Å². The van der Waals surface area contributed by atoms with Gasteiger partial charge >= 0.3 is 0 Å². The normalized spacial score (nSPS) is 14.5. The van der Waals surface area contributed by atoms with Crippen LogP contribution < -0.4 is 10.4 Å². The molecule has 2 aromatic carbocycles. The molecule has 0 unspecified atom stereocenters. The molecule has 2 N–H and O–H groups in total. The minimum absolute atomic E-state index is 0.0229. The van der Waals surface area contributed by atoms with E-state index in [9.17, 15) is 4.79 Å². The van der Waals surface area contributed by atoms with Crippen LogP contribution in [0.5, 0.6) is 0 Å². The molecule has 1 amide bonds. The van der Waals surface area contributed by atoms with Crippen LogP contribution in [0.1, 0.15) is 36.8 Å². The van der Waals surface area contributed by atoms with Gasteiger partial charge in [-0.1, -0.05) is 45.0 Å². The fourth-order valence-corrected chi connectivity index (χ4v) is 3.74. The summed E-state index contributed by atoms with van der Waals surface area (Å²) in [5, 5.41) is 13.6. The Hall–Kier alpha value is -3.16. The maximum Gasteiger partial charge on any atom is 0.295 e. The fourth-order valence-electron chi connectivity index (χ4n) is 3.74. The lowest BCUT2D eigenvalue weighted by Crippen LogP contribution is -2.36. The predicted molar refractivity (Wildman–Crippen MR) is 120 cm³/mol. The van der Waals surface area contributed by atoms with Gasteiger partial charge in [-0.25, -0.2) is 10.2 Å². The van der Waals surface area contributed by atoms with Crippen LogP contribution in [-0.2, 0) is 10.2 Å². The lowest BCUT2D eigenvalue weighted by atomic mass is 9.87. The number of rotatable bonds is 4. The average Bonchev–Trinajstić information content (AvgIpc) is 3.24. The van der Waals surface area contributed by atoms with E-state index in [1.54, 1.807) is 16.2 Å². The zero-order chi connectivity index (χ0) is 22.0. The molecule has 1 aromatic heterocycles. The van der Waals surface area contributed by atoms with Crippen LogP contribution in [0.4, 0.5) is 5.69 Å². The van der Waals surface area contributed by atoms with Gasteiger partial charge < -0.3 is 9.64 Å². The Balaban J connectivity index is 1.81. The van der Waals surface area contributed by atoms with E-state index in [0.29, 0.717) is 13.2 Å². The number of benzene rings is 2. The summed E-state index contributed by atoms with van der Waals surface area (Å²) in [6.07, 6.45) is 0. The van der Waals surface area contributed by atoms with Crippen molar-refractivity contribution in [1.82, 2.24) is 15.3 Å². The highest BCUT2D eigenvalue weighted by atomic mass is 16.5. The van der Waals surface area contributed by atoms with E-state index in [2.05, 4.69) is 55.0 Å². The van der Waals surface area contributed by atoms with Crippen molar-refractivity contribution in [2.45, 2.75) is 26.2 Å². The third kappa shape index (κ3) is 4.47. The zero-order valence-corrected chi connectivity index (χ0v) is 18.1. The highest BCUT2D eigenvalue weighted by molar-refractivity contribution is 5.92. The molecule has 31 heavy (non-hydrogen) atoms. The minimum Gasteiger partial charge on any atom is -0.378 e. The van der Waals surface area contributed by atoms with Gasteiger partial charge in [0.25, 0.3) is 5.91 Å². The number of anilines is 1. The summed E-state index contributed by atoms with van der Waals surface area (Å²) in [5.74, 6) is -0.642. The summed E-state index contributed by atoms with van der Waals surface area (Å²) < 4.78 is 7.23. The van der Waals surface area contributed by atoms with Crippen molar-refractivity contribution < 1.29 is 14.7 Å². The summed E-state index contributed by atoms with van der Waals surface area (Å²) in [6.45, 7) is 9.58. The first-order valence-corrected chi connectivity index (χ1v) is 10.5. The number of carbonyl (C=O) groups is 1. The van der Waals surface area contributed by atoms with Gasteiger partial charge in [-0.3, -0.25) is 10.0 Å². The van der Waals surface area contributed by atoms with Crippen molar-refractivity contribution in [1.29, 1.82) is 0 Å². The molecule has 0 bridgehead atoms. The van der Waals surface area contributed by atoms with Crippen LogP contribution in [0.25, 0.3) is 16.9 Å². The number of amides is 1. The molecule has 1 aliphatic rings. The van der Waals surface area contributed by atoms with Crippen LogP contribution in [0, 0.1) is 0 Å². The molecule has 162 valence electrons. The minimum atomic E-state index is -0.642. The second-order valence-electron chi connectivity index (χ2n) is 8.72. The molecule has 0 aliphatic carbocycles. The Labute approximate surface area is 182 Å². The second-order valence-corrected chi connectivity index (χ2v) is 8.72. The molecule has 1 fully saturated rings. The maximum atomic E-state index is 12.1. The van der Waals surface area contributed by atoms with Gasteiger partial charge in [-0.05, 0) is 41.3 Å². The van der Waals surface area contributed by atoms with Crippen molar-refractivity contribution >= 4 is 11.6 Å². The first kappa shape index (κ1) is 21.1. The zero-order valence-electron chi connectivity index (χ0n) is 18.1. The quantitative estimate of drug-likeness (QED) is 0.496. The number of hydrogen-bond donors (Lipinski definition) is 2. The number of nitrogens with one attached hydrogen (secondary N) is 1. The number of carbonyl (C=O) groups excluding carboxylic acids is 1. The smallest absolute Gasteiger partial charge is 0.295 e. The van der Waals surface area contributed by atoms with E-state index < -0.39 is 5.91 Å². The van der Waals surface area contributed by atoms with E-state index in [4.69, 9.17) is 9.94 Å². The summed E-state index contributed by atoms with van der Waals surface area (Å²) in [7, 11) is 0. The lowest BCUT2D eigenvalue weighted by molar-refractivity contribution is 0.0700. The van der Waals surface area contributed by atoms with E-state index in [1.165, 1.54) is 5.56 Å². The first-order chi connectivity index (χ1) is 14.9. The van der Waals surface area contributed by atoms with Crippen LogP contribution >= 0.6 is 0 Å². The van der Waals surface area contributed by atoms with Crippen LogP contribution in [0.3, 0.4) is 0 Å². The van der Waals surface area contributed by atoms with Gasteiger partial charge in [0.1, 0.15) is 0 Å². The van der Waals surface area contributed by atoms with Crippen LogP contribution in [0.15, 0.2) is 54.6 Å². The molecule has 7 heteroatoms. The fraction of sp³-hybridized carbons (Fsp3) is 0.333. The highest BCUT2D eigenvalue weighted by Crippen LogP contribution is 2.30. The first-order valence-electron chi connectivity index (χ1n) is 10.5. The molecule has 0 atom stereocenters. The van der Waals surface area contributed by atoms with Crippen molar-refractivity contribution in [3.05, 3.63) is 65.9 Å². The summed E-state index contributed by atoms with van der Waals surface area (Å²) in [6, 6.07) is 18.0. The standard InChI is InChI=1S/C24H28N4O3/c1-24(2,3)18-7-5-9-20(15-18)28-22(16-21(25-28)23(29)26-30)17-6-4-8-19(14-17)27-10-12-31-13-11-27/h4-9,14-16,30H,10-13H2,1-3H3,(H,26,29). The van der Waals surface area contributed by atoms with Crippen LogP contribution in [0.2, 0.25) is 0 Å². The van der Waals surface area contributed by atoms with Crippen molar-refractivity contribution in [3.63, 3.8) is 0 Å². The molecule has 1 aliphatic heterocycles. The molecule has 1 saturated heterocycles. The molecular weight excluding hydrogens is 392 g/mol. The molecule has 0 radical (unpaired) electrons. The lowest BCUT2D eigenvalue weighted by Gasteiger charge is -2.29. The number of ether oxygens (including phenoxy) is 1. The van der Waals surface area contributed by atoms with Crippen molar-refractivity contribution in [2.75, 3.05) is 31.2 Å². The summed E-state index contributed by atoms with van der Waals surface area (Å²) in [4.78, 5) is 14.4. The van der Waals surface area contributed by atoms with Gasteiger partial charge in [0, 0.05) is 24.3 Å². The number of morpholine rings is 1. The number of hydrogen-bond acceptors (Lipinski definition) is 5. The number of hydroxylamine groups is 1. The Bertz CT molecular complexity index is 1080. The Morgan fingerprint density at radius 3 is 2.45 bits per heavy atom. The number of aromatic nitrogens is 2. The molecule has 2 heterocycles. The summed E-state index contributed by atoms with van der Waals surface area (Å²) >= 11 is 0. The Morgan fingerprint density at radius 1 is 1.03 bits per heavy atom. The second kappa shape index (κ2) is 8.53. The van der Waals surface area contributed by atoms with Crippen LogP contribution in [-0.4, -0.2) is 47.2 Å². The Morgan fingerprint density at radius 2 is 1.74 bits per heavy atom.